The molecular weight excluding hydrogens is 212 g/mol. The number of ether oxygens (including phenoxy) is 1. The first-order valence-corrected chi connectivity index (χ1v) is 5.75. The lowest BCUT2D eigenvalue weighted by molar-refractivity contribution is 0.340. The van der Waals surface area contributed by atoms with E-state index in [1.165, 1.54) is 5.56 Å². The first kappa shape index (κ1) is 11.5. The van der Waals surface area contributed by atoms with Crippen LogP contribution in [0.5, 0.6) is 5.75 Å². The molecule has 0 radical (unpaired) electrons. The SMILES string of the molecule is CCOc1ccc(CNc2ccccn2)cc1. The molecule has 3 heteroatoms. The molecule has 0 atom stereocenters. The molecule has 1 heterocycles. The Morgan fingerprint density at radius 2 is 1.94 bits per heavy atom. The van der Waals surface area contributed by atoms with Crippen LogP contribution >= 0.6 is 0 Å². The summed E-state index contributed by atoms with van der Waals surface area (Å²) in [5, 5.41) is 3.26. The maximum atomic E-state index is 5.39. The van der Waals surface area contributed by atoms with Crippen molar-refractivity contribution in [3.05, 3.63) is 54.2 Å². The number of benzene rings is 1. The minimum Gasteiger partial charge on any atom is -0.494 e. The van der Waals surface area contributed by atoms with E-state index >= 15 is 0 Å². The Kier molecular flexibility index (Phi) is 3.97. The summed E-state index contributed by atoms with van der Waals surface area (Å²) in [5.74, 6) is 1.80. The van der Waals surface area contributed by atoms with Gasteiger partial charge in [-0.25, -0.2) is 4.98 Å². The molecule has 0 unspecified atom stereocenters. The number of pyridine rings is 1. The predicted octanol–water partition coefficient (Wildman–Crippen LogP) is 3.09. The van der Waals surface area contributed by atoms with Crippen LogP contribution in [0.4, 0.5) is 5.82 Å². The predicted molar refractivity (Wildman–Crippen MR) is 69.2 cm³/mol. The first-order valence-electron chi connectivity index (χ1n) is 5.75. The average molecular weight is 228 g/mol. The summed E-state index contributed by atoms with van der Waals surface area (Å²) in [5.41, 5.74) is 1.21. The van der Waals surface area contributed by atoms with Gasteiger partial charge in [-0.1, -0.05) is 18.2 Å². The Labute approximate surface area is 101 Å². The van der Waals surface area contributed by atoms with Crippen molar-refractivity contribution in [1.82, 2.24) is 4.98 Å². The van der Waals surface area contributed by atoms with Crippen molar-refractivity contribution in [2.24, 2.45) is 0 Å². The van der Waals surface area contributed by atoms with Crippen molar-refractivity contribution in [3.63, 3.8) is 0 Å². The van der Waals surface area contributed by atoms with Gasteiger partial charge < -0.3 is 10.1 Å². The molecule has 0 aliphatic heterocycles. The summed E-state index contributed by atoms with van der Waals surface area (Å²) in [7, 11) is 0. The number of hydrogen-bond donors (Lipinski definition) is 1. The third kappa shape index (κ3) is 3.48. The van der Waals surface area contributed by atoms with Crippen molar-refractivity contribution in [2.45, 2.75) is 13.5 Å². The summed E-state index contributed by atoms with van der Waals surface area (Å²) in [6.07, 6.45) is 1.78. The van der Waals surface area contributed by atoms with Crippen LogP contribution in [0, 0.1) is 0 Å². The molecular formula is C14H16N2O. The Morgan fingerprint density at radius 3 is 2.59 bits per heavy atom. The number of nitrogens with zero attached hydrogens (tertiary/aromatic N) is 1. The molecule has 0 fully saturated rings. The highest BCUT2D eigenvalue weighted by molar-refractivity contribution is 5.35. The van der Waals surface area contributed by atoms with Crippen molar-refractivity contribution in [1.29, 1.82) is 0 Å². The number of rotatable bonds is 5. The van der Waals surface area contributed by atoms with E-state index in [0.29, 0.717) is 6.61 Å². The van der Waals surface area contributed by atoms with E-state index in [4.69, 9.17) is 4.74 Å². The molecule has 0 bridgehead atoms. The molecule has 17 heavy (non-hydrogen) atoms. The van der Waals surface area contributed by atoms with E-state index in [9.17, 15) is 0 Å². The highest BCUT2D eigenvalue weighted by Gasteiger charge is 1.95. The smallest absolute Gasteiger partial charge is 0.126 e. The molecule has 0 saturated heterocycles. The maximum Gasteiger partial charge on any atom is 0.126 e. The molecule has 2 rings (SSSR count). The van der Waals surface area contributed by atoms with Gasteiger partial charge in [0.15, 0.2) is 0 Å². The molecule has 0 amide bonds. The summed E-state index contributed by atoms with van der Waals surface area (Å²) in [6.45, 7) is 3.45. The van der Waals surface area contributed by atoms with Gasteiger partial charge in [0.2, 0.25) is 0 Å². The lowest BCUT2D eigenvalue weighted by Crippen LogP contribution is -2.00. The molecule has 0 saturated carbocycles. The van der Waals surface area contributed by atoms with Crippen LogP contribution in [0.1, 0.15) is 12.5 Å². The second-order valence-corrected chi connectivity index (χ2v) is 3.65. The average Bonchev–Trinajstić information content (AvgIpc) is 2.40. The molecule has 0 aliphatic rings. The summed E-state index contributed by atoms with van der Waals surface area (Å²) >= 11 is 0. The zero-order valence-corrected chi connectivity index (χ0v) is 9.89. The Balaban J connectivity index is 1.91. The van der Waals surface area contributed by atoms with E-state index in [1.807, 2.05) is 37.3 Å². The second-order valence-electron chi connectivity index (χ2n) is 3.65. The zero-order valence-electron chi connectivity index (χ0n) is 9.89. The lowest BCUT2D eigenvalue weighted by Gasteiger charge is -2.07. The molecule has 1 aromatic carbocycles. The number of aromatic nitrogens is 1. The minimum absolute atomic E-state index is 0.700. The van der Waals surface area contributed by atoms with Crippen LogP contribution in [0.15, 0.2) is 48.7 Å². The molecule has 2 aromatic rings. The van der Waals surface area contributed by atoms with E-state index < -0.39 is 0 Å². The quantitative estimate of drug-likeness (QED) is 0.853. The molecule has 88 valence electrons. The van der Waals surface area contributed by atoms with E-state index in [2.05, 4.69) is 22.4 Å². The fourth-order valence-electron chi connectivity index (χ4n) is 1.53. The minimum atomic E-state index is 0.700. The van der Waals surface area contributed by atoms with Gasteiger partial charge in [-0.3, -0.25) is 0 Å². The monoisotopic (exact) mass is 228 g/mol. The third-order valence-electron chi connectivity index (χ3n) is 2.37. The van der Waals surface area contributed by atoms with Crippen LogP contribution in [0.3, 0.4) is 0 Å². The van der Waals surface area contributed by atoms with Gasteiger partial charge in [0.1, 0.15) is 11.6 Å². The lowest BCUT2D eigenvalue weighted by atomic mass is 10.2. The topological polar surface area (TPSA) is 34.1 Å². The van der Waals surface area contributed by atoms with E-state index in [-0.39, 0.29) is 0 Å². The van der Waals surface area contributed by atoms with Gasteiger partial charge in [-0.05, 0) is 36.8 Å². The van der Waals surface area contributed by atoms with Gasteiger partial charge in [0, 0.05) is 12.7 Å². The highest BCUT2D eigenvalue weighted by atomic mass is 16.5. The molecule has 0 aliphatic carbocycles. The van der Waals surface area contributed by atoms with Crippen LogP contribution in [0.25, 0.3) is 0 Å². The van der Waals surface area contributed by atoms with Gasteiger partial charge in [-0.15, -0.1) is 0 Å². The van der Waals surface area contributed by atoms with Crippen molar-refractivity contribution in [2.75, 3.05) is 11.9 Å². The summed E-state index contributed by atoms with van der Waals surface area (Å²) in [6, 6.07) is 13.9. The molecule has 3 nitrogen and oxygen atoms in total. The Hall–Kier alpha value is -2.03. The van der Waals surface area contributed by atoms with Crippen LogP contribution < -0.4 is 10.1 Å². The second kappa shape index (κ2) is 5.89. The van der Waals surface area contributed by atoms with Crippen molar-refractivity contribution < 1.29 is 4.74 Å². The fourth-order valence-corrected chi connectivity index (χ4v) is 1.53. The summed E-state index contributed by atoms with van der Waals surface area (Å²) < 4.78 is 5.39. The normalized spacial score (nSPS) is 9.94. The van der Waals surface area contributed by atoms with Crippen LogP contribution in [-0.2, 0) is 6.54 Å². The van der Waals surface area contributed by atoms with Gasteiger partial charge >= 0.3 is 0 Å². The molecule has 1 aromatic heterocycles. The number of hydrogen-bond acceptors (Lipinski definition) is 3. The van der Waals surface area contributed by atoms with E-state index in [1.54, 1.807) is 6.20 Å². The number of anilines is 1. The van der Waals surface area contributed by atoms with Gasteiger partial charge in [0.05, 0.1) is 6.61 Å². The highest BCUT2D eigenvalue weighted by Crippen LogP contribution is 2.13. The molecule has 0 spiro atoms. The Morgan fingerprint density at radius 1 is 1.12 bits per heavy atom. The molecule has 1 N–H and O–H groups in total. The van der Waals surface area contributed by atoms with Crippen LogP contribution in [-0.4, -0.2) is 11.6 Å². The van der Waals surface area contributed by atoms with Crippen molar-refractivity contribution in [3.8, 4) is 5.75 Å². The zero-order chi connectivity index (χ0) is 11.9. The van der Waals surface area contributed by atoms with Crippen LogP contribution in [0.2, 0.25) is 0 Å². The Bertz CT molecular complexity index is 440. The standard InChI is InChI=1S/C14H16N2O/c1-2-17-13-8-6-12(7-9-13)11-16-14-5-3-4-10-15-14/h3-10H,2,11H2,1H3,(H,15,16). The third-order valence-corrected chi connectivity index (χ3v) is 2.37. The van der Waals surface area contributed by atoms with Crippen molar-refractivity contribution >= 4 is 5.82 Å². The first-order chi connectivity index (χ1) is 8.38. The fraction of sp³-hybridized carbons (Fsp3) is 0.214. The number of nitrogens with one attached hydrogen (secondary N) is 1. The summed E-state index contributed by atoms with van der Waals surface area (Å²) in [4.78, 5) is 4.20. The van der Waals surface area contributed by atoms with E-state index in [0.717, 1.165) is 18.1 Å². The van der Waals surface area contributed by atoms with Gasteiger partial charge in [-0.2, -0.15) is 0 Å². The van der Waals surface area contributed by atoms with Gasteiger partial charge in [0.25, 0.3) is 0 Å². The largest absolute Gasteiger partial charge is 0.494 e. The maximum absolute atomic E-state index is 5.39.